The van der Waals surface area contributed by atoms with Crippen LogP contribution in [0.5, 0.6) is 0 Å². The highest BCUT2D eigenvalue weighted by Crippen LogP contribution is 2.12. The SMILES string of the molecule is O=C(CCc1cn[nH]c1)N[C@H]1CCCN(CCc2ccccc2)C1. The summed E-state index contributed by atoms with van der Waals surface area (Å²) in [6, 6.07) is 10.9. The summed E-state index contributed by atoms with van der Waals surface area (Å²) in [6.45, 7) is 3.16. The third-order valence-electron chi connectivity index (χ3n) is 4.63. The van der Waals surface area contributed by atoms with Crippen LogP contribution in [-0.2, 0) is 17.6 Å². The Morgan fingerprint density at radius 2 is 2.12 bits per heavy atom. The molecule has 0 bridgehead atoms. The van der Waals surface area contributed by atoms with Gasteiger partial charge < -0.3 is 10.2 Å². The summed E-state index contributed by atoms with van der Waals surface area (Å²) in [6.07, 6.45) is 8.20. The van der Waals surface area contributed by atoms with Crippen LogP contribution in [0, 0.1) is 0 Å². The molecule has 1 aliphatic heterocycles. The van der Waals surface area contributed by atoms with Crippen LogP contribution in [0.3, 0.4) is 0 Å². The van der Waals surface area contributed by atoms with Crippen molar-refractivity contribution in [1.29, 1.82) is 0 Å². The van der Waals surface area contributed by atoms with Gasteiger partial charge in [-0.2, -0.15) is 5.10 Å². The molecule has 0 aliphatic carbocycles. The molecule has 1 amide bonds. The molecule has 2 N–H and O–H groups in total. The Balaban J connectivity index is 1.39. The molecule has 5 nitrogen and oxygen atoms in total. The summed E-state index contributed by atoms with van der Waals surface area (Å²) in [7, 11) is 0. The Hall–Kier alpha value is -2.14. The van der Waals surface area contributed by atoms with E-state index < -0.39 is 0 Å². The molecule has 128 valence electrons. The first-order chi connectivity index (χ1) is 11.8. The van der Waals surface area contributed by atoms with Gasteiger partial charge in [0, 0.05) is 31.7 Å². The van der Waals surface area contributed by atoms with Gasteiger partial charge in [-0.3, -0.25) is 9.89 Å². The van der Waals surface area contributed by atoms with E-state index in [4.69, 9.17) is 0 Å². The van der Waals surface area contributed by atoms with Crippen molar-refractivity contribution in [1.82, 2.24) is 20.4 Å². The number of rotatable bonds is 7. The van der Waals surface area contributed by atoms with Crippen LogP contribution in [0.2, 0.25) is 0 Å². The lowest BCUT2D eigenvalue weighted by atomic mass is 10.0. The second kappa shape index (κ2) is 8.64. The molecule has 1 aromatic heterocycles. The number of hydrogen-bond donors (Lipinski definition) is 2. The molecule has 0 saturated carbocycles. The van der Waals surface area contributed by atoms with Gasteiger partial charge in [0.25, 0.3) is 0 Å². The Bertz CT molecular complexity index is 612. The second-order valence-corrected chi connectivity index (χ2v) is 6.55. The fraction of sp³-hybridized carbons (Fsp3) is 0.474. The lowest BCUT2D eigenvalue weighted by Crippen LogP contribution is -2.48. The van der Waals surface area contributed by atoms with Crippen LogP contribution in [0.1, 0.15) is 30.4 Å². The average molecular weight is 326 g/mol. The molecule has 24 heavy (non-hydrogen) atoms. The number of aromatic nitrogens is 2. The third kappa shape index (κ3) is 5.20. The summed E-state index contributed by atoms with van der Waals surface area (Å²) >= 11 is 0. The summed E-state index contributed by atoms with van der Waals surface area (Å²) in [5, 5.41) is 9.89. The Morgan fingerprint density at radius 1 is 1.25 bits per heavy atom. The molecule has 2 aromatic rings. The maximum Gasteiger partial charge on any atom is 0.220 e. The van der Waals surface area contributed by atoms with E-state index in [1.54, 1.807) is 6.20 Å². The minimum atomic E-state index is 0.145. The first-order valence-electron chi connectivity index (χ1n) is 8.83. The summed E-state index contributed by atoms with van der Waals surface area (Å²) in [5.41, 5.74) is 2.46. The van der Waals surface area contributed by atoms with Crippen molar-refractivity contribution in [3.05, 3.63) is 53.9 Å². The normalized spacial score (nSPS) is 18.4. The minimum absolute atomic E-state index is 0.145. The first kappa shape index (κ1) is 16.7. The van der Waals surface area contributed by atoms with Gasteiger partial charge in [0.1, 0.15) is 0 Å². The molecule has 1 fully saturated rings. The maximum atomic E-state index is 12.1. The largest absolute Gasteiger partial charge is 0.352 e. The zero-order valence-corrected chi connectivity index (χ0v) is 14.1. The van der Waals surface area contributed by atoms with Crippen LogP contribution in [0.4, 0.5) is 0 Å². The van der Waals surface area contributed by atoms with Crippen molar-refractivity contribution in [2.45, 2.75) is 38.1 Å². The lowest BCUT2D eigenvalue weighted by molar-refractivity contribution is -0.122. The number of nitrogens with zero attached hydrogens (tertiary/aromatic N) is 2. The van der Waals surface area contributed by atoms with Gasteiger partial charge in [0.05, 0.1) is 6.20 Å². The van der Waals surface area contributed by atoms with Crippen molar-refractivity contribution < 1.29 is 4.79 Å². The van der Waals surface area contributed by atoms with Gasteiger partial charge in [0.15, 0.2) is 0 Å². The van der Waals surface area contributed by atoms with Gasteiger partial charge in [-0.25, -0.2) is 0 Å². The Labute approximate surface area is 143 Å². The number of carbonyl (C=O) groups is 1. The van der Waals surface area contributed by atoms with E-state index in [-0.39, 0.29) is 11.9 Å². The summed E-state index contributed by atoms with van der Waals surface area (Å²) in [4.78, 5) is 14.6. The van der Waals surface area contributed by atoms with Crippen molar-refractivity contribution in [3.63, 3.8) is 0 Å². The van der Waals surface area contributed by atoms with Crippen molar-refractivity contribution >= 4 is 5.91 Å². The van der Waals surface area contributed by atoms with Gasteiger partial charge in [0.2, 0.25) is 5.91 Å². The Kier molecular flexibility index (Phi) is 6.01. The number of benzene rings is 1. The molecule has 2 heterocycles. The molecule has 5 heteroatoms. The van der Waals surface area contributed by atoms with E-state index in [0.29, 0.717) is 6.42 Å². The number of carbonyl (C=O) groups excluding carboxylic acids is 1. The highest BCUT2D eigenvalue weighted by molar-refractivity contribution is 5.76. The van der Waals surface area contributed by atoms with Crippen LogP contribution in [-0.4, -0.2) is 46.7 Å². The molecular formula is C19H26N4O. The minimum Gasteiger partial charge on any atom is -0.352 e. The summed E-state index contributed by atoms with van der Waals surface area (Å²) < 4.78 is 0. The number of piperidine rings is 1. The van der Waals surface area contributed by atoms with Crippen LogP contribution >= 0.6 is 0 Å². The predicted octanol–water partition coefficient (Wildman–Crippen LogP) is 2.17. The van der Waals surface area contributed by atoms with Crippen molar-refractivity contribution in [2.75, 3.05) is 19.6 Å². The highest BCUT2D eigenvalue weighted by atomic mass is 16.1. The van der Waals surface area contributed by atoms with Crippen LogP contribution < -0.4 is 5.32 Å². The molecule has 1 aromatic carbocycles. The first-order valence-corrected chi connectivity index (χ1v) is 8.83. The number of nitrogens with one attached hydrogen (secondary N) is 2. The predicted molar refractivity (Wildman–Crippen MR) is 94.7 cm³/mol. The van der Waals surface area contributed by atoms with Crippen molar-refractivity contribution in [2.24, 2.45) is 0 Å². The van der Waals surface area contributed by atoms with E-state index in [2.05, 4.69) is 50.7 Å². The Morgan fingerprint density at radius 3 is 2.92 bits per heavy atom. The highest BCUT2D eigenvalue weighted by Gasteiger charge is 2.21. The van der Waals surface area contributed by atoms with E-state index >= 15 is 0 Å². The second-order valence-electron chi connectivity index (χ2n) is 6.55. The topological polar surface area (TPSA) is 61.0 Å². The zero-order valence-electron chi connectivity index (χ0n) is 14.1. The standard InChI is InChI=1S/C19H26N4O/c24-19(9-8-17-13-20-21-14-17)22-18-7-4-11-23(15-18)12-10-16-5-2-1-3-6-16/h1-3,5-6,13-14,18H,4,7-12,15H2,(H,20,21)(H,22,24)/t18-/m0/s1. The molecular weight excluding hydrogens is 300 g/mol. The smallest absolute Gasteiger partial charge is 0.220 e. The van der Waals surface area contributed by atoms with E-state index in [0.717, 1.165) is 50.9 Å². The molecule has 1 aliphatic rings. The zero-order chi connectivity index (χ0) is 16.6. The maximum absolute atomic E-state index is 12.1. The number of aromatic amines is 1. The quantitative estimate of drug-likeness (QED) is 0.820. The number of amides is 1. The fourth-order valence-corrected chi connectivity index (χ4v) is 3.28. The van der Waals surface area contributed by atoms with Crippen LogP contribution in [0.15, 0.2) is 42.7 Å². The number of aryl methyl sites for hydroxylation is 1. The van der Waals surface area contributed by atoms with E-state index in [1.807, 2.05) is 6.20 Å². The van der Waals surface area contributed by atoms with Gasteiger partial charge in [-0.15, -0.1) is 0 Å². The van der Waals surface area contributed by atoms with E-state index in [9.17, 15) is 4.79 Å². The molecule has 0 unspecified atom stereocenters. The third-order valence-corrected chi connectivity index (χ3v) is 4.63. The van der Waals surface area contributed by atoms with Gasteiger partial charge in [-0.05, 0) is 43.4 Å². The molecule has 1 saturated heterocycles. The number of H-pyrrole nitrogens is 1. The van der Waals surface area contributed by atoms with Crippen molar-refractivity contribution in [3.8, 4) is 0 Å². The van der Waals surface area contributed by atoms with Gasteiger partial charge >= 0.3 is 0 Å². The monoisotopic (exact) mass is 326 g/mol. The van der Waals surface area contributed by atoms with Gasteiger partial charge in [-0.1, -0.05) is 30.3 Å². The molecule has 0 spiro atoms. The number of hydrogen-bond acceptors (Lipinski definition) is 3. The molecule has 1 atom stereocenters. The number of likely N-dealkylation sites (tertiary alicyclic amines) is 1. The lowest BCUT2D eigenvalue weighted by Gasteiger charge is -2.33. The molecule has 3 rings (SSSR count). The van der Waals surface area contributed by atoms with Crippen LogP contribution in [0.25, 0.3) is 0 Å². The summed E-state index contributed by atoms with van der Waals surface area (Å²) in [5.74, 6) is 0.145. The van der Waals surface area contributed by atoms with E-state index in [1.165, 1.54) is 5.56 Å². The average Bonchev–Trinajstić information content (AvgIpc) is 3.13. The fourth-order valence-electron chi connectivity index (χ4n) is 3.28. The molecule has 0 radical (unpaired) electrons.